The van der Waals surface area contributed by atoms with Gasteiger partial charge in [0, 0.05) is 11.9 Å². The van der Waals surface area contributed by atoms with Crippen molar-refractivity contribution in [1.82, 2.24) is 14.1 Å². The van der Waals surface area contributed by atoms with Crippen LogP contribution in [0, 0.1) is 3.80 Å². The number of hydrogen-bond donors (Lipinski definition) is 0. The van der Waals surface area contributed by atoms with Gasteiger partial charge in [-0.15, -0.1) is 0 Å². The summed E-state index contributed by atoms with van der Waals surface area (Å²) in [5, 5.41) is 0. The maximum atomic E-state index is 7.17. The summed E-state index contributed by atoms with van der Waals surface area (Å²) in [6.45, 7) is 6.78. The average molecular weight is 1190 g/mol. The number of para-hydroxylation sites is 7. The van der Waals surface area contributed by atoms with Crippen molar-refractivity contribution in [2.24, 2.45) is 0 Å². The van der Waals surface area contributed by atoms with Crippen LogP contribution in [-0.4, -0.2) is 14.1 Å². The first-order chi connectivity index (χ1) is 38.3. The third-order valence-corrected chi connectivity index (χ3v) is 16.6. The Hall–Kier alpha value is -9.09. The van der Waals surface area contributed by atoms with Crippen molar-refractivity contribution in [2.45, 2.75) is 31.6 Å². The van der Waals surface area contributed by atoms with Crippen LogP contribution in [0.2, 0.25) is 0 Å². The van der Waals surface area contributed by atoms with Crippen LogP contribution in [-0.2, 0) is 30.2 Å². The van der Waals surface area contributed by atoms with Crippen molar-refractivity contribution >= 4 is 45.3 Å². The molecule has 0 bridgehead atoms. The maximum absolute atomic E-state index is 7.17. The summed E-state index contributed by atoms with van der Waals surface area (Å²) in [5.41, 5.74) is 19.4. The van der Waals surface area contributed by atoms with Crippen molar-refractivity contribution in [3.05, 3.63) is 299 Å². The summed E-state index contributed by atoms with van der Waals surface area (Å²) in [6, 6.07) is 93.9. The van der Waals surface area contributed by atoms with Gasteiger partial charge >= 0.3 is 306 Å². The molecule has 0 amide bonds. The molecule has 378 valence electrons. The summed E-state index contributed by atoms with van der Waals surface area (Å²) in [7, 11) is 0. The first kappa shape index (κ1) is 47.4. The molecule has 0 aliphatic carbocycles. The van der Waals surface area contributed by atoms with Crippen LogP contribution in [0.3, 0.4) is 0 Å². The zero-order valence-corrected chi connectivity index (χ0v) is 45.6. The number of imidazole rings is 1. The van der Waals surface area contributed by atoms with Gasteiger partial charge in [-0.1, -0.05) is 93.6 Å². The average Bonchev–Trinajstić information content (AvgIpc) is 3.18. The van der Waals surface area contributed by atoms with E-state index in [1.807, 2.05) is 6.20 Å². The fourth-order valence-corrected chi connectivity index (χ4v) is 13.2. The quantitative estimate of drug-likeness (QED) is 0.152. The van der Waals surface area contributed by atoms with E-state index in [1.165, 1.54) is 22.3 Å². The van der Waals surface area contributed by atoms with Gasteiger partial charge in [-0.2, -0.15) is 0 Å². The summed E-state index contributed by atoms with van der Waals surface area (Å²) < 4.78 is 13.0. The first-order valence-electron chi connectivity index (χ1n) is 26.5. The van der Waals surface area contributed by atoms with Gasteiger partial charge in [0.1, 0.15) is 0 Å². The number of benzene rings is 10. The van der Waals surface area contributed by atoms with Gasteiger partial charge in [0.2, 0.25) is 0 Å². The van der Waals surface area contributed by atoms with E-state index < -0.39 is 5.41 Å². The molecule has 1 spiro atoms. The van der Waals surface area contributed by atoms with Crippen LogP contribution in [0.15, 0.2) is 267 Å². The van der Waals surface area contributed by atoms with E-state index in [0.717, 1.165) is 94.0 Å². The Morgan fingerprint density at radius 2 is 0.897 bits per heavy atom. The second kappa shape index (κ2) is 18.9. The van der Waals surface area contributed by atoms with Crippen LogP contribution in [0.25, 0.3) is 44.7 Å². The van der Waals surface area contributed by atoms with Gasteiger partial charge in [-0.25, -0.2) is 0 Å². The van der Waals surface area contributed by atoms with Crippen molar-refractivity contribution in [3.8, 4) is 45.1 Å². The molecule has 0 radical (unpaired) electrons. The van der Waals surface area contributed by atoms with Crippen LogP contribution in [0.5, 0.6) is 11.5 Å². The predicted octanol–water partition coefficient (Wildman–Crippen LogP) is 18.3. The number of pyridine rings is 1. The summed E-state index contributed by atoms with van der Waals surface area (Å²) >= 11 is 2.52. The molecule has 7 heteroatoms. The zero-order valence-electron chi connectivity index (χ0n) is 43.4. The van der Waals surface area contributed by atoms with Gasteiger partial charge in [0.05, 0.1) is 11.4 Å². The number of hydrogen-bond acceptors (Lipinski definition) is 4. The number of fused-ring (bicyclic) bond motifs is 9. The number of ether oxygens (including phenoxy) is 1. The Labute approximate surface area is 465 Å². The molecular weight excluding hydrogens is 1130 g/mol. The van der Waals surface area contributed by atoms with Crippen LogP contribution >= 0.6 is 0 Å². The van der Waals surface area contributed by atoms with E-state index in [2.05, 4.69) is 320 Å². The molecule has 2 aliphatic heterocycles. The zero-order chi connectivity index (χ0) is 52.5. The molecule has 0 atom stereocenters. The fourth-order valence-electron chi connectivity index (χ4n) is 12.2. The fraction of sp³-hybridized carbons (Fsp3) is 0.0704. The standard InChI is InChI=1S/C71H53N5O.Pt/c1-70(2,3)51-43-44-72-68(45-51)76-64-38-18-15-35-60(64)71(58-33-13-16-36-62(58)75(52-27-11-6-12-28-52)63-37-17-14-34-59(63)71)61-42-41-55(47-67(61)76)77-54-30-21-29-53(46-54)73-48-74(66-40-20-19-39-65(66)73)69-56(49-23-7-4-8-24-49)31-22-32-57(69)50-25-9-5-10-26-50;/h4-47H,1-3H3;. The predicted molar refractivity (Wildman–Crippen MR) is 315 cm³/mol. The number of rotatable bonds is 8. The monoisotopic (exact) mass is 1190 g/mol. The molecule has 14 rings (SSSR count). The van der Waals surface area contributed by atoms with Gasteiger partial charge in [0.25, 0.3) is 0 Å². The third-order valence-electron chi connectivity index (χ3n) is 15.6. The molecule has 78 heavy (non-hydrogen) atoms. The minimum atomic E-state index is -0.720. The molecule has 10 aromatic carbocycles. The molecule has 0 unspecified atom stereocenters. The minimum absolute atomic E-state index is 0.104. The molecule has 4 heterocycles. The topological polar surface area (TPSA) is 38.5 Å². The van der Waals surface area contributed by atoms with Crippen molar-refractivity contribution in [3.63, 3.8) is 0 Å². The summed E-state index contributed by atoms with van der Waals surface area (Å²) in [6.07, 6.45) is 1.95. The van der Waals surface area contributed by atoms with Gasteiger partial charge in [-0.3, -0.25) is 0 Å². The normalized spacial score (nSPS) is 13.2. The van der Waals surface area contributed by atoms with Crippen LogP contribution in [0.4, 0.5) is 34.3 Å². The first-order valence-corrected chi connectivity index (χ1v) is 27.7. The summed E-state index contributed by atoms with van der Waals surface area (Å²) in [5.74, 6) is 2.28. The SMILES string of the molecule is CC(C)(C)c1ccnc(N2c3ccccc3C3(c4ccccc4N(c4ccccc4)c4ccccc43)c3ccc(Oc4cccc(-n5[c](=[Pt])n(-c6c(-c7ccccc7)cccc6-c6ccccc6)c6ccccc65)c4)cc32)c1. The molecule has 0 saturated heterocycles. The third kappa shape index (κ3) is 7.57. The molecule has 2 aromatic heterocycles. The van der Waals surface area contributed by atoms with E-state index in [1.54, 1.807) is 0 Å². The molecule has 0 saturated carbocycles. The summed E-state index contributed by atoms with van der Waals surface area (Å²) in [4.78, 5) is 9.96. The molecule has 12 aromatic rings. The molecule has 0 fully saturated rings. The van der Waals surface area contributed by atoms with Crippen molar-refractivity contribution in [2.75, 3.05) is 9.80 Å². The molecule has 6 nitrogen and oxygen atoms in total. The van der Waals surface area contributed by atoms with Crippen LogP contribution < -0.4 is 14.5 Å². The Bertz CT molecular complexity index is 4220. The Balaban J connectivity index is 0.951. The van der Waals surface area contributed by atoms with Gasteiger partial charge in [-0.05, 0) is 41.3 Å². The van der Waals surface area contributed by atoms with E-state index in [-0.39, 0.29) is 5.41 Å². The van der Waals surface area contributed by atoms with Crippen molar-refractivity contribution < 1.29 is 24.1 Å². The van der Waals surface area contributed by atoms with E-state index in [9.17, 15) is 0 Å². The van der Waals surface area contributed by atoms with Crippen LogP contribution in [0.1, 0.15) is 48.6 Å². The number of nitrogens with zero attached hydrogens (tertiary/aromatic N) is 5. The van der Waals surface area contributed by atoms with E-state index in [0.29, 0.717) is 5.75 Å². The van der Waals surface area contributed by atoms with Gasteiger partial charge in [0.15, 0.2) is 0 Å². The molecule has 2 aliphatic rings. The Morgan fingerprint density at radius 1 is 0.410 bits per heavy atom. The van der Waals surface area contributed by atoms with E-state index in [4.69, 9.17) is 9.72 Å². The Kier molecular flexibility index (Phi) is 11.5. The molecule has 0 N–H and O–H groups in total. The second-order valence-corrected chi connectivity index (χ2v) is 22.1. The second-order valence-electron chi connectivity index (χ2n) is 21.1. The number of anilines is 6. The Morgan fingerprint density at radius 3 is 1.50 bits per heavy atom. The van der Waals surface area contributed by atoms with Gasteiger partial charge < -0.3 is 4.90 Å². The van der Waals surface area contributed by atoms with E-state index >= 15 is 0 Å². The number of aromatic nitrogens is 3. The van der Waals surface area contributed by atoms with Crippen molar-refractivity contribution in [1.29, 1.82) is 0 Å². The molecular formula is C71H53N5OPt.